The molecule has 0 aliphatic carbocycles. The largest absolute Gasteiger partial charge is 0.464 e. The summed E-state index contributed by atoms with van der Waals surface area (Å²) in [6, 6.07) is 27.8. The molecule has 0 aliphatic rings. The minimum atomic E-state index is -0.638. The zero-order chi connectivity index (χ0) is 19.8. The fourth-order valence-corrected chi connectivity index (χ4v) is 2.63. The van der Waals surface area contributed by atoms with Crippen LogP contribution in [0.3, 0.4) is 0 Å². The number of para-hydroxylation sites is 2. The van der Waals surface area contributed by atoms with Crippen molar-refractivity contribution in [3.63, 3.8) is 0 Å². The summed E-state index contributed by atoms with van der Waals surface area (Å²) in [5.74, 6) is -1.03. The molecule has 0 saturated heterocycles. The first-order valence-corrected chi connectivity index (χ1v) is 8.75. The molecule has 1 N–H and O–H groups in total. The highest BCUT2D eigenvalue weighted by Crippen LogP contribution is 2.26. The molecule has 0 spiro atoms. The molecule has 0 unspecified atom stereocenters. The Hall–Kier alpha value is -3.86. The van der Waals surface area contributed by atoms with Crippen molar-refractivity contribution in [2.24, 2.45) is 0 Å². The maximum atomic E-state index is 12.6. The molecule has 0 saturated carbocycles. The van der Waals surface area contributed by atoms with Crippen LogP contribution in [-0.2, 0) is 9.53 Å². The van der Waals surface area contributed by atoms with E-state index in [1.807, 2.05) is 71.6 Å². The van der Waals surface area contributed by atoms with Gasteiger partial charge < -0.3 is 15.0 Å². The Labute approximate surface area is 163 Å². The number of anilines is 2. The second-order valence-corrected chi connectivity index (χ2v) is 5.90. The lowest BCUT2D eigenvalue weighted by Crippen LogP contribution is -2.30. The van der Waals surface area contributed by atoms with E-state index >= 15 is 0 Å². The number of hydrogen-bond donors (Lipinski definition) is 1. The van der Waals surface area contributed by atoms with E-state index in [0.29, 0.717) is 5.56 Å². The van der Waals surface area contributed by atoms with Crippen LogP contribution in [0.4, 0.5) is 11.4 Å². The van der Waals surface area contributed by atoms with Crippen LogP contribution in [0.5, 0.6) is 0 Å². The zero-order valence-electron chi connectivity index (χ0n) is 15.4. The van der Waals surface area contributed by atoms with Crippen molar-refractivity contribution in [1.29, 1.82) is 0 Å². The van der Waals surface area contributed by atoms with Gasteiger partial charge in [0, 0.05) is 23.1 Å². The number of hydrogen-bond acceptors (Lipinski definition) is 4. The first-order chi connectivity index (χ1) is 13.7. The van der Waals surface area contributed by atoms with E-state index in [4.69, 9.17) is 4.74 Å². The third kappa shape index (κ3) is 4.65. The first-order valence-electron chi connectivity index (χ1n) is 8.75. The summed E-state index contributed by atoms with van der Waals surface area (Å²) in [6.07, 6.45) is 1.57. The number of nitrogens with zero attached hydrogens (tertiary/aromatic N) is 1. The number of nitrogens with one attached hydrogen (secondary N) is 1. The fraction of sp³-hybridized carbons (Fsp3) is 0.0435. The zero-order valence-corrected chi connectivity index (χ0v) is 15.4. The van der Waals surface area contributed by atoms with Crippen molar-refractivity contribution in [1.82, 2.24) is 5.32 Å². The second kappa shape index (κ2) is 9.19. The minimum absolute atomic E-state index is 0.0315. The standard InChI is InChI=1S/C23H20N2O3/c1-28-23(27)21(24-22(26)18-11-5-2-6-12-18)17-25(19-13-7-3-8-14-19)20-15-9-4-10-16-20/h2-17H,1H3,(H,24,26). The third-order valence-electron chi connectivity index (χ3n) is 4.02. The molecule has 0 atom stereocenters. The average Bonchev–Trinajstić information content (AvgIpc) is 2.77. The van der Waals surface area contributed by atoms with Crippen LogP contribution in [0, 0.1) is 0 Å². The summed E-state index contributed by atoms with van der Waals surface area (Å²) in [5.41, 5.74) is 2.15. The van der Waals surface area contributed by atoms with Crippen molar-refractivity contribution in [2.75, 3.05) is 12.0 Å². The van der Waals surface area contributed by atoms with Crippen LogP contribution >= 0.6 is 0 Å². The fourth-order valence-electron chi connectivity index (χ4n) is 2.63. The number of methoxy groups -OCH3 is 1. The molecule has 1 amide bonds. The van der Waals surface area contributed by atoms with E-state index < -0.39 is 11.9 Å². The van der Waals surface area contributed by atoms with E-state index in [1.165, 1.54) is 7.11 Å². The Morgan fingerprint density at radius 2 is 1.25 bits per heavy atom. The highest BCUT2D eigenvalue weighted by atomic mass is 16.5. The molecule has 3 aromatic carbocycles. The third-order valence-corrected chi connectivity index (χ3v) is 4.02. The van der Waals surface area contributed by atoms with Crippen LogP contribution < -0.4 is 10.2 Å². The lowest BCUT2D eigenvalue weighted by Gasteiger charge is -2.22. The Morgan fingerprint density at radius 1 is 0.786 bits per heavy atom. The molecule has 0 heterocycles. The Morgan fingerprint density at radius 3 is 1.71 bits per heavy atom. The van der Waals surface area contributed by atoms with Gasteiger partial charge in [-0.3, -0.25) is 4.79 Å². The topological polar surface area (TPSA) is 58.6 Å². The SMILES string of the molecule is COC(=O)C(=CN(c1ccccc1)c1ccccc1)NC(=O)c1ccccc1. The lowest BCUT2D eigenvalue weighted by molar-refractivity contribution is -0.136. The molecule has 5 heteroatoms. The van der Waals surface area contributed by atoms with Crippen molar-refractivity contribution in [3.05, 3.63) is 108 Å². The van der Waals surface area contributed by atoms with Gasteiger partial charge in [0.15, 0.2) is 0 Å². The van der Waals surface area contributed by atoms with Gasteiger partial charge in [-0.05, 0) is 36.4 Å². The molecule has 0 radical (unpaired) electrons. The monoisotopic (exact) mass is 372 g/mol. The van der Waals surface area contributed by atoms with Gasteiger partial charge in [-0.15, -0.1) is 0 Å². The minimum Gasteiger partial charge on any atom is -0.464 e. The maximum absolute atomic E-state index is 12.6. The van der Waals surface area contributed by atoms with Gasteiger partial charge in [-0.2, -0.15) is 0 Å². The predicted molar refractivity (Wildman–Crippen MR) is 109 cm³/mol. The van der Waals surface area contributed by atoms with Crippen molar-refractivity contribution in [3.8, 4) is 0 Å². The van der Waals surface area contributed by atoms with E-state index in [-0.39, 0.29) is 5.70 Å². The van der Waals surface area contributed by atoms with Gasteiger partial charge in [0.1, 0.15) is 5.70 Å². The summed E-state index contributed by atoms with van der Waals surface area (Å²) >= 11 is 0. The smallest absolute Gasteiger partial charge is 0.356 e. The molecular formula is C23H20N2O3. The van der Waals surface area contributed by atoms with Crippen LogP contribution in [-0.4, -0.2) is 19.0 Å². The van der Waals surface area contributed by atoms with E-state index in [1.54, 1.807) is 30.5 Å². The van der Waals surface area contributed by atoms with Crippen molar-refractivity contribution < 1.29 is 14.3 Å². The highest BCUT2D eigenvalue weighted by Gasteiger charge is 2.17. The van der Waals surface area contributed by atoms with E-state index in [9.17, 15) is 9.59 Å². The predicted octanol–water partition coefficient (Wildman–Crippen LogP) is 4.27. The van der Waals surface area contributed by atoms with Gasteiger partial charge in [0.25, 0.3) is 5.91 Å². The first kappa shape index (κ1) is 18.9. The summed E-state index contributed by atoms with van der Waals surface area (Å²) in [7, 11) is 1.28. The Kier molecular flexibility index (Phi) is 6.21. The van der Waals surface area contributed by atoms with Crippen molar-refractivity contribution in [2.45, 2.75) is 0 Å². The summed E-state index contributed by atoms with van der Waals surface area (Å²) in [4.78, 5) is 26.7. The number of rotatable bonds is 6. The number of carbonyl (C=O) groups excluding carboxylic acids is 2. The molecule has 28 heavy (non-hydrogen) atoms. The van der Waals surface area contributed by atoms with Gasteiger partial charge in [0.2, 0.25) is 0 Å². The Bertz CT molecular complexity index is 915. The molecule has 5 nitrogen and oxygen atoms in total. The number of carbonyl (C=O) groups is 2. The molecule has 0 aromatic heterocycles. The summed E-state index contributed by atoms with van der Waals surface area (Å²) in [5, 5.41) is 2.66. The van der Waals surface area contributed by atoms with Gasteiger partial charge >= 0.3 is 5.97 Å². The van der Waals surface area contributed by atoms with Gasteiger partial charge in [-0.1, -0.05) is 54.6 Å². The average molecular weight is 372 g/mol. The normalized spacial score (nSPS) is 10.8. The lowest BCUT2D eigenvalue weighted by atomic mass is 10.2. The number of esters is 1. The van der Waals surface area contributed by atoms with Gasteiger partial charge in [0.05, 0.1) is 7.11 Å². The quantitative estimate of drug-likeness (QED) is 0.519. The molecule has 0 fully saturated rings. The van der Waals surface area contributed by atoms with Crippen molar-refractivity contribution >= 4 is 23.3 Å². The maximum Gasteiger partial charge on any atom is 0.356 e. The Balaban J connectivity index is 2.00. The molecule has 3 aromatic rings. The van der Waals surface area contributed by atoms with Crippen LogP contribution in [0.1, 0.15) is 10.4 Å². The molecule has 140 valence electrons. The molecular weight excluding hydrogens is 352 g/mol. The van der Waals surface area contributed by atoms with Gasteiger partial charge in [-0.25, -0.2) is 4.79 Å². The summed E-state index contributed by atoms with van der Waals surface area (Å²) in [6.45, 7) is 0. The number of benzene rings is 3. The second-order valence-electron chi connectivity index (χ2n) is 5.90. The number of ether oxygens (including phenoxy) is 1. The molecule has 0 aliphatic heterocycles. The highest BCUT2D eigenvalue weighted by molar-refractivity contribution is 6.01. The van der Waals surface area contributed by atoms with Crippen LogP contribution in [0.15, 0.2) is 103 Å². The summed E-state index contributed by atoms with van der Waals surface area (Å²) < 4.78 is 4.87. The molecule has 3 rings (SSSR count). The van der Waals surface area contributed by atoms with Crippen LogP contribution in [0.25, 0.3) is 0 Å². The molecule has 0 bridgehead atoms. The van der Waals surface area contributed by atoms with E-state index in [0.717, 1.165) is 11.4 Å². The van der Waals surface area contributed by atoms with E-state index in [2.05, 4.69) is 5.32 Å². The number of amides is 1. The van der Waals surface area contributed by atoms with Crippen LogP contribution in [0.2, 0.25) is 0 Å².